The summed E-state index contributed by atoms with van der Waals surface area (Å²) in [6, 6.07) is 6.29. The molecule has 0 aromatic carbocycles. The molecule has 0 radical (unpaired) electrons. The van der Waals surface area contributed by atoms with Crippen molar-refractivity contribution in [3.63, 3.8) is 0 Å². The Kier molecular flexibility index (Phi) is 4.28. The molecule has 5 heteroatoms. The van der Waals surface area contributed by atoms with E-state index < -0.39 is 0 Å². The van der Waals surface area contributed by atoms with Crippen LogP contribution in [0.15, 0.2) is 45.8 Å². The minimum absolute atomic E-state index is 0.874. The third-order valence-electron chi connectivity index (χ3n) is 4.15. The first-order chi connectivity index (χ1) is 10.9. The molecule has 4 heterocycles. The number of hydrogen-bond donors (Lipinski definition) is 1. The van der Waals surface area contributed by atoms with Crippen LogP contribution in [0, 0.1) is 5.92 Å². The van der Waals surface area contributed by atoms with E-state index in [1.807, 2.05) is 29.7 Å². The lowest BCUT2D eigenvalue weighted by atomic mass is 10.0. The van der Waals surface area contributed by atoms with Crippen LogP contribution in [0.25, 0.3) is 11.7 Å². The van der Waals surface area contributed by atoms with E-state index in [0.717, 1.165) is 11.6 Å². The Morgan fingerprint density at radius 2 is 2.27 bits per heavy atom. The molecule has 0 bridgehead atoms. The summed E-state index contributed by atoms with van der Waals surface area (Å²) in [6.07, 6.45) is 9.05. The Balaban J connectivity index is 1.41. The van der Waals surface area contributed by atoms with E-state index in [4.69, 9.17) is 0 Å². The van der Waals surface area contributed by atoms with Gasteiger partial charge in [0, 0.05) is 10.7 Å². The summed E-state index contributed by atoms with van der Waals surface area (Å²) in [5.41, 5.74) is 2.20. The van der Waals surface area contributed by atoms with Crippen LogP contribution in [0.2, 0.25) is 0 Å². The van der Waals surface area contributed by atoms with Crippen molar-refractivity contribution in [2.24, 2.45) is 5.92 Å². The van der Waals surface area contributed by atoms with Crippen molar-refractivity contribution in [3.05, 3.63) is 46.5 Å². The third kappa shape index (κ3) is 2.98. The molecule has 0 aliphatic carbocycles. The minimum Gasteiger partial charge on any atom is -0.317 e. The molecule has 1 saturated heterocycles. The highest BCUT2D eigenvalue weighted by atomic mass is 32.2. The Bertz CT molecular complexity index is 727. The molecule has 4 rings (SSSR count). The average molecular weight is 329 g/mol. The molecule has 1 fully saturated rings. The third-order valence-corrected chi connectivity index (χ3v) is 6.16. The van der Waals surface area contributed by atoms with Gasteiger partial charge in [-0.1, -0.05) is 17.8 Å². The number of allylic oxidation sites excluding steroid dienone is 1. The van der Waals surface area contributed by atoms with E-state index >= 15 is 0 Å². The molecule has 2 aromatic rings. The summed E-state index contributed by atoms with van der Waals surface area (Å²) in [5, 5.41) is 6.93. The molecule has 1 N–H and O–H groups in total. The van der Waals surface area contributed by atoms with Crippen molar-refractivity contribution in [3.8, 4) is 0 Å². The molecular formula is C17H19N3S2. The zero-order chi connectivity index (χ0) is 14.8. The molecular weight excluding hydrogens is 310 g/mol. The average Bonchev–Trinajstić information content (AvgIpc) is 2.98. The number of nitrogens with zero attached hydrogens (tertiary/aromatic N) is 2. The second-order valence-electron chi connectivity index (χ2n) is 5.72. The molecule has 2 aliphatic heterocycles. The predicted octanol–water partition coefficient (Wildman–Crippen LogP) is 4.03. The lowest BCUT2D eigenvalue weighted by Crippen LogP contribution is -2.28. The van der Waals surface area contributed by atoms with E-state index in [2.05, 4.69) is 50.5 Å². The fourth-order valence-electron chi connectivity index (χ4n) is 2.94. The van der Waals surface area contributed by atoms with Crippen LogP contribution in [0.4, 0.5) is 0 Å². The van der Waals surface area contributed by atoms with Crippen molar-refractivity contribution in [1.29, 1.82) is 0 Å². The van der Waals surface area contributed by atoms with Crippen LogP contribution in [-0.4, -0.2) is 28.2 Å². The van der Waals surface area contributed by atoms with Crippen LogP contribution < -0.4 is 5.32 Å². The lowest BCUT2D eigenvalue weighted by Gasteiger charge is -2.21. The molecule has 0 spiro atoms. The van der Waals surface area contributed by atoms with Crippen LogP contribution in [0.5, 0.6) is 0 Å². The van der Waals surface area contributed by atoms with Crippen LogP contribution >= 0.6 is 23.5 Å². The maximum Gasteiger partial charge on any atom is 0.138 e. The molecule has 3 nitrogen and oxygen atoms in total. The standard InChI is InChI=1S/C17H19N3S2/c1-2-16-19-11-14-10-15(22-17(3-1)20(14)16)6-9-21-12-13-4-7-18-8-5-13/h1-3,6,9-11,13,18H,4-5,7-8,12H2/b9-6+. The van der Waals surface area contributed by atoms with E-state index in [1.54, 1.807) is 0 Å². The van der Waals surface area contributed by atoms with Gasteiger partial charge in [-0.25, -0.2) is 4.98 Å². The molecule has 22 heavy (non-hydrogen) atoms. The SMILES string of the molecule is C1=C(/C=C/SCC2CCNCC2)Sc2cccc3ncc1n23. The van der Waals surface area contributed by atoms with Crippen molar-refractivity contribution in [2.45, 2.75) is 17.9 Å². The molecule has 114 valence electrons. The first-order valence-electron chi connectivity index (χ1n) is 7.75. The van der Waals surface area contributed by atoms with E-state index in [9.17, 15) is 0 Å². The maximum atomic E-state index is 4.45. The molecule has 0 atom stereocenters. The monoisotopic (exact) mass is 329 g/mol. The topological polar surface area (TPSA) is 29.3 Å². The van der Waals surface area contributed by atoms with Gasteiger partial charge in [0.15, 0.2) is 0 Å². The van der Waals surface area contributed by atoms with E-state index in [0.29, 0.717) is 0 Å². The summed E-state index contributed by atoms with van der Waals surface area (Å²) in [7, 11) is 0. The van der Waals surface area contributed by atoms with Gasteiger partial charge in [-0.05, 0) is 61.5 Å². The van der Waals surface area contributed by atoms with Gasteiger partial charge in [0.2, 0.25) is 0 Å². The van der Waals surface area contributed by atoms with Gasteiger partial charge in [0.25, 0.3) is 0 Å². The Labute approximate surface area is 139 Å². The summed E-state index contributed by atoms with van der Waals surface area (Å²) in [4.78, 5) is 5.74. The number of pyridine rings is 1. The number of hydrogen-bond acceptors (Lipinski definition) is 4. The highest BCUT2D eigenvalue weighted by molar-refractivity contribution is 8.04. The van der Waals surface area contributed by atoms with E-state index in [-0.39, 0.29) is 0 Å². The lowest BCUT2D eigenvalue weighted by molar-refractivity contribution is 0.408. The smallest absolute Gasteiger partial charge is 0.138 e. The van der Waals surface area contributed by atoms with Gasteiger partial charge in [-0.2, -0.15) is 0 Å². The molecule has 0 saturated carbocycles. The molecule has 2 aromatic heterocycles. The summed E-state index contributed by atoms with van der Waals surface area (Å²) in [5.74, 6) is 2.11. The summed E-state index contributed by atoms with van der Waals surface area (Å²) in [6.45, 7) is 2.37. The number of imidazole rings is 1. The van der Waals surface area contributed by atoms with Crippen molar-refractivity contribution >= 4 is 35.2 Å². The van der Waals surface area contributed by atoms with Crippen molar-refractivity contribution in [2.75, 3.05) is 18.8 Å². The fraction of sp³-hybridized carbons (Fsp3) is 0.353. The van der Waals surface area contributed by atoms with Gasteiger partial charge < -0.3 is 5.32 Å². The number of thioether (sulfide) groups is 2. The van der Waals surface area contributed by atoms with Gasteiger partial charge in [0.05, 0.1) is 16.9 Å². The number of aromatic nitrogens is 2. The number of piperidine rings is 1. The largest absolute Gasteiger partial charge is 0.317 e. The minimum atomic E-state index is 0.874. The normalized spacial score (nSPS) is 19.0. The van der Waals surface area contributed by atoms with Crippen molar-refractivity contribution < 1.29 is 0 Å². The van der Waals surface area contributed by atoms with Gasteiger partial charge in [-0.15, -0.1) is 11.8 Å². The highest BCUT2D eigenvalue weighted by Gasteiger charge is 2.14. The maximum absolute atomic E-state index is 4.45. The first-order valence-corrected chi connectivity index (χ1v) is 9.61. The first kappa shape index (κ1) is 14.4. The summed E-state index contributed by atoms with van der Waals surface area (Å²) < 4.78 is 2.21. The zero-order valence-corrected chi connectivity index (χ0v) is 14.0. The Hall–Kier alpha value is -1.17. The Morgan fingerprint density at radius 1 is 1.36 bits per heavy atom. The van der Waals surface area contributed by atoms with Gasteiger partial charge >= 0.3 is 0 Å². The van der Waals surface area contributed by atoms with Crippen LogP contribution in [0.1, 0.15) is 18.5 Å². The van der Waals surface area contributed by atoms with Crippen LogP contribution in [0.3, 0.4) is 0 Å². The fourth-order valence-corrected chi connectivity index (χ4v) is 4.98. The zero-order valence-electron chi connectivity index (χ0n) is 12.4. The van der Waals surface area contributed by atoms with Gasteiger partial charge in [-0.3, -0.25) is 4.40 Å². The van der Waals surface area contributed by atoms with Crippen molar-refractivity contribution in [1.82, 2.24) is 14.7 Å². The van der Waals surface area contributed by atoms with Crippen LogP contribution in [-0.2, 0) is 0 Å². The predicted molar refractivity (Wildman–Crippen MR) is 96.2 cm³/mol. The van der Waals surface area contributed by atoms with Gasteiger partial charge in [0.1, 0.15) is 5.65 Å². The molecule has 0 unspecified atom stereocenters. The summed E-state index contributed by atoms with van der Waals surface area (Å²) >= 11 is 3.76. The second kappa shape index (κ2) is 6.52. The Morgan fingerprint density at radius 3 is 3.18 bits per heavy atom. The number of nitrogens with one attached hydrogen (secondary N) is 1. The number of rotatable bonds is 4. The van der Waals surface area contributed by atoms with E-state index in [1.165, 1.54) is 47.3 Å². The molecule has 2 aliphatic rings. The molecule has 0 amide bonds. The highest BCUT2D eigenvalue weighted by Crippen LogP contribution is 2.35. The second-order valence-corrected chi connectivity index (χ2v) is 7.75. The quantitative estimate of drug-likeness (QED) is 0.917.